The van der Waals surface area contributed by atoms with Crippen LogP contribution in [0.25, 0.3) is 0 Å². The zero-order chi connectivity index (χ0) is 18.8. The van der Waals surface area contributed by atoms with Gasteiger partial charge >= 0.3 is 6.09 Å². The van der Waals surface area contributed by atoms with Crippen molar-refractivity contribution in [3.8, 4) is 0 Å². The molecular weight excluding hydrogens is 344 g/mol. The second-order valence-corrected chi connectivity index (χ2v) is 7.94. The van der Waals surface area contributed by atoms with Crippen LogP contribution >= 0.6 is 11.6 Å². The Morgan fingerprint density at radius 1 is 1.40 bits per heavy atom. The molecule has 8 heteroatoms. The van der Waals surface area contributed by atoms with E-state index in [0.717, 1.165) is 25.9 Å². The van der Waals surface area contributed by atoms with E-state index in [-0.39, 0.29) is 16.7 Å². The number of hydrogen-bond donors (Lipinski definition) is 0. The Hall–Kier alpha value is -1.76. The van der Waals surface area contributed by atoms with Crippen molar-refractivity contribution in [1.29, 1.82) is 0 Å². The first-order chi connectivity index (χ1) is 11.6. The summed E-state index contributed by atoms with van der Waals surface area (Å²) in [5, 5.41) is 4.26. The molecule has 25 heavy (non-hydrogen) atoms. The summed E-state index contributed by atoms with van der Waals surface area (Å²) in [5.74, 6) is 0.395. The van der Waals surface area contributed by atoms with Gasteiger partial charge in [0.05, 0.1) is 11.9 Å². The van der Waals surface area contributed by atoms with Gasteiger partial charge in [-0.25, -0.2) is 9.48 Å². The van der Waals surface area contributed by atoms with Gasteiger partial charge in [-0.2, -0.15) is 5.10 Å². The van der Waals surface area contributed by atoms with E-state index in [1.807, 2.05) is 20.8 Å². The van der Waals surface area contributed by atoms with Crippen LogP contribution in [0.1, 0.15) is 33.6 Å². The average molecular weight is 371 g/mol. The molecule has 0 N–H and O–H groups in total. The SMILES string of the molecule is CN(CC1CCN(c2cnn(C)c(=O)c2Cl)CC1)C(=O)OC(C)(C)C. The topological polar surface area (TPSA) is 67.7 Å². The molecule has 0 bridgehead atoms. The Kier molecular flexibility index (Phi) is 5.98. The minimum Gasteiger partial charge on any atom is -0.444 e. The van der Waals surface area contributed by atoms with Crippen molar-refractivity contribution in [3.63, 3.8) is 0 Å². The first-order valence-electron chi connectivity index (χ1n) is 8.49. The Morgan fingerprint density at radius 3 is 2.56 bits per heavy atom. The molecule has 0 atom stereocenters. The van der Waals surface area contributed by atoms with Crippen molar-refractivity contribution in [2.45, 2.75) is 39.2 Å². The van der Waals surface area contributed by atoms with Crippen LogP contribution < -0.4 is 10.5 Å². The maximum absolute atomic E-state index is 12.1. The van der Waals surface area contributed by atoms with Crippen molar-refractivity contribution in [1.82, 2.24) is 14.7 Å². The van der Waals surface area contributed by atoms with Crippen molar-refractivity contribution in [2.24, 2.45) is 13.0 Å². The normalized spacial score (nSPS) is 16.0. The van der Waals surface area contributed by atoms with E-state index in [2.05, 4.69) is 10.00 Å². The quantitative estimate of drug-likeness (QED) is 0.817. The molecule has 1 aliphatic rings. The number of halogens is 1. The monoisotopic (exact) mass is 370 g/mol. The molecule has 1 aromatic rings. The van der Waals surface area contributed by atoms with Crippen LogP contribution in [-0.4, -0.2) is 53.1 Å². The fraction of sp³-hybridized carbons (Fsp3) is 0.706. The van der Waals surface area contributed by atoms with Crippen LogP contribution in [0, 0.1) is 5.92 Å². The smallest absolute Gasteiger partial charge is 0.410 e. The van der Waals surface area contributed by atoms with Crippen molar-refractivity contribution < 1.29 is 9.53 Å². The van der Waals surface area contributed by atoms with Crippen LogP contribution in [0.15, 0.2) is 11.0 Å². The molecule has 0 unspecified atom stereocenters. The minimum atomic E-state index is -0.488. The highest BCUT2D eigenvalue weighted by Gasteiger charge is 2.26. The number of hydrogen-bond acceptors (Lipinski definition) is 5. The zero-order valence-corrected chi connectivity index (χ0v) is 16.3. The van der Waals surface area contributed by atoms with E-state index in [1.165, 1.54) is 4.68 Å². The number of carbonyl (C=O) groups is 1. The number of ether oxygens (including phenoxy) is 1. The molecule has 2 heterocycles. The third-order valence-corrected chi connectivity index (χ3v) is 4.61. The molecule has 1 fully saturated rings. The van der Waals surface area contributed by atoms with Crippen LogP contribution in [0.2, 0.25) is 5.02 Å². The maximum Gasteiger partial charge on any atom is 0.410 e. The molecule has 0 aromatic carbocycles. The average Bonchev–Trinajstić information content (AvgIpc) is 2.52. The first kappa shape index (κ1) is 19.6. The van der Waals surface area contributed by atoms with Gasteiger partial charge in [-0.3, -0.25) is 4.79 Å². The molecule has 0 spiro atoms. The van der Waals surface area contributed by atoms with Crippen molar-refractivity contribution >= 4 is 23.4 Å². The van der Waals surface area contributed by atoms with Gasteiger partial charge in [0, 0.05) is 33.7 Å². The molecule has 0 radical (unpaired) electrons. The highest BCUT2D eigenvalue weighted by molar-refractivity contribution is 6.33. The number of nitrogens with zero attached hydrogens (tertiary/aromatic N) is 4. The summed E-state index contributed by atoms with van der Waals surface area (Å²) in [6.45, 7) is 7.80. The highest BCUT2D eigenvalue weighted by atomic mass is 35.5. The van der Waals surface area contributed by atoms with E-state index in [9.17, 15) is 9.59 Å². The number of aryl methyl sites for hydroxylation is 1. The van der Waals surface area contributed by atoms with Gasteiger partial charge < -0.3 is 14.5 Å². The number of rotatable bonds is 3. The molecular formula is C17H27ClN4O3. The van der Waals surface area contributed by atoms with Gasteiger partial charge in [0.1, 0.15) is 10.6 Å². The second kappa shape index (κ2) is 7.64. The second-order valence-electron chi connectivity index (χ2n) is 7.56. The number of amides is 1. The molecule has 0 saturated carbocycles. The number of anilines is 1. The van der Waals surface area contributed by atoms with E-state index in [1.54, 1.807) is 25.2 Å². The predicted molar refractivity (Wildman–Crippen MR) is 98.3 cm³/mol. The van der Waals surface area contributed by atoms with Gasteiger partial charge in [0.15, 0.2) is 0 Å². The lowest BCUT2D eigenvalue weighted by molar-refractivity contribution is 0.0266. The van der Waals surface area contributed by atoms with Crippen molar-refractivity contribution in [2.75, 3.05) is 31.6 Å². The van der Waals surface area contributed by atoms with Gasteiger partial charge in [0.2, 0.25) is 0 Å². The van der Waals surface area contributed by atoms with E-state index >= 15 is 0 Å². The molecule has 140 valence electrons. The molecule has 7 nitrogen and oxygen atoms in total. The summed E-state index contributed by atoms with van der Waals surface area (Å²) in [7, 11) is 3.35. The molecule has 2 rings (SSSR count). The van der Waals surface area contributed by atoms with E-state index in [0.29, 0.717) is 18.2 Å². The third-order valence-electron chi connectivity index (χ3n) is 4.25. The standard InChI is InChI=1S/C17H27ClN4O3/c1-17(2,3)25-16(24)20(4)11-12-6-8-22(9-7-12)13-10-19-21(5)15(23)14(13)18/h10,12H,6-9,11H2,1-5H3. The lowest BCUT2D eigenvalue weighted by Crippen LogP contribution is -2.41. The predicted octanol–water partition coefficient (Wildman–Crippen LogP) is 2.52. The maximum atomic E-state index is 12.1. The summed E-state index contributed by atoms with van der Waals surface area (Å²) in [5.41, 5.74) is -0.0903. The molecule has 0 aliphatic carbocycles. The van der Waals surface area contributed by atoms with Gasteiger partial charge in [-0.15, -0.1) is 0 Å². The fourth-order valence-electron chi connectivity index (χ4n) is 2.88. The van der Waals surface area contributed by atoms with Crippen LogP contribution in [-0.2, 0) is 11.8 Å². The molecule has 1 amide bonds. The summed E-state index contributed by atoms with van der Waals surface area (Å²) in [6, 6.07) is 0. The van der Waals surface area contributed by atoms with Gasteiger partial charge in [-0.05, 0) is 39.5 Å². The van der Waals surface area contributed by atoms with Crippen molar-refractivity contribution in [3.05, 3.63) is 21.6 Å². The largest absolute Gasteiger partial charge is 0.444 e. The molecule has 1 saturated heterocycles. The lowest BCUT2D eigenvalue weighted by Gasteiger charge is -2.35. The summed E-state index contributed by atoms with van der Waals surface area (Å²) >= 11 is 6.17. The Morgan fingerprint density at radius 2 is 2.00 bits per heavy atom. The highest BCUT2D eigenvalue weighted by Crippen LogP contribution is 2.27. The Bertz CT molecular complexity index is 675. The molecule has 1 aliphatic heterocycles. The zero-order valence-electron chi connectivity index (χ0n) is 15.6. The Labute approximate surface area is 153 Å². The van der Waals surface area contributed by atoms with Crippen LogP contribution in [0.5, 0.6) is 0 Å². The van der Waals surface area contributed by atoms with E-state index < -0.39 is 5.60 Å². The summed E-state index contributed by atoms with van der Waals surface area (Å²) in [6.07, 6.45) is 3.17. The molecule has 1 aromatic heterocycles. The number of carbonyl (C=O) groups excluding carboxylic acids is 1. The lowest BCUT2D eigenvalue weighted by atomic mass is 9.96. The fourth-order valence-corrected chi connectivity index (χ4v) is 3.17. The summed E-state index contributed by atoms with van der Waals surface area (Å²) < 4.78 is 6.62. The van der Waals surface area contributed by atoms with Gasteiger partial charge in [-0.1, -0.05) is 11.6 Å². The number of piperidine rings is 1. The van der Waals surface area contributed by atoms with Crippen LogP contribution in [0.4, 0.5) is 10.5 Å². The van der Waals surface area contributed by atoms with E-state index in [4.69, 9.17) is 16.3 Å². The minimum absolute atomic E-state index is 0.210. The third kappa shape index (κ3) is 5.11. The van der Waals surface area contributed by atoms with Crippen LogP contribution in [0.3, 0.4) is 0 Å². The Balaban J connectivity index is 1.91. The first-order valence-corrected chi connectivity index (χ1v) is 8.87. The summed E-state index contributed by atoms with van der Waals surface area (Å²) in [4.78, 5) is 27.7. The van der Waals surface area contributed by atoms with Gasteiger partial charge in [0.25, 0.3) is 5.56 Å². The number of aromatic nitrogens is 2.